The van der Waals surface area contributed by atoms with Gasteiger partial charge in [-0.25, -0.2) is 8.42 Å². The lowest BCUT2D eigenvalue weighted by molar-refractivity contribution is -0.140. The molecule has 0 aromatic heterocycles. The number of sulfonamides is 1. The number of carbonyl (C=O) groups excluding carboxylic acids is 2. The minimum Gasteiger partial charge on any atom is -0.352 e. The summed E-state index contributed by atoms with van der Waals surface area (Å²) in [5, 5.41) is 3.91. The first-order valence-electron chi connectivity index (χ1n) is 16.7. The van der Waals surface area contributed by atoms with Crippen LogP contribution in [-0.2, 0) is 32.6 Å². The van der Waals surface area contributed by atoms with Gasteiger partial charge in [0.25, 0.3) is 10.0 Å². The Labute approximate surface area is 300 Å². The molecular weight excluding hydrogens is 677 g/mol. The molecule has 0 radical (unpaired) electrons. The Kier molecular flexibility index (Phi) is 12.1. The number of halogens is 2. The molecule has 4 aromatic carbocycles. The molecule has 5 rings (SSSR count). The van der Waals surface area contributed by atoms with Crippen LogP contribution in [-0.4, -0.2) is 43.8 Å². The molecule has 0 spiro atoms. The maximum absolute atomic E-state index is 14.8. The summed E-state index contributed by atoms with van der Waals surface area (Å²) in [4.78, 5) is 30.7. The maximum atomic E-state index is 14.8. The van der Waals surface area contributed by atoms with E-state index < -0.39 is 28.5 Å². The number of nitrogens with zero attached hydrogens (tertiary/aromatic N) is 2. The van der Waals surface area contributed by atoms with E-state index in [1.807, 2.05) is 63.2 Å². The van der Waals surface area contributed by atoms with Crippen LogP contribution in [0.2, 0.25) is 10.0 Å². The lowest BCUT2D eigenvalue weighted by atomic mass is 9.94. The molecule has 0 saturated heterocycles. The van der Waals surface area contributed by atoms with Crippen LogP contribution >= 0.6 is 23.2 Å². The third-order valence-electron chi connectivity index (χ3n) is 9.12. The molecule has 4 aromatic rings. The zero-order chi connectivity index (χ0) is 35.1. The van der Waals surface area contributed by atoms with Crippen LogP contribution in [0.3, 0.4) is 0 Å². The Bertz CT molecular complexity index is 1860. The first-order chi connectivity index (χ1) is 23.4. The molecule has 0 bridgehead atoms. The zero-order valence-corrected chi connectivity index (χ0v) is 30.5. The van der Waals surface area contributed by atoms with Crippen LogP contribution in [0, 0.1) is 20.8 Å². The highest BCUT2D eigenvalue weighted by molar-refractivity contribution is 7.92. The van der Waals surface area contributed by atoms with Crippen molar-refractivity contribution in [2.24, 2.45) is 0 Å². The van der Waals surface area contributed by atoms with Gasteiger partial charge in [-0.05, 0) is 75.1 Å². The van der Waals surface area contributed by atoms with Gasteiger partial charge in [0.1, 0.15) is 12.6 Å². The third kappa shape index (κ3) is 9.04. The molecule has 1 aliphatic carbocycles. The van der Waals surface area contributed by atoms with Gasteiger partial charge in [0.2, 0.25) is 11.8 Å². The second-order valence-electron chi connectivity index (χ2n) is 12.9. The molecule has 7 nitrogen and oxygen atoms in total. The average molecular weight is 721 g/mol. The van der Waals surface area contributed by atoms with Crippen molar-refractivity contribution in [3.63, 3.8) is 0 Å². The van der Waals surface area contributed by atoms with Gasteiger partial charge in [0, 0.05) is 34.6 Å². The molecule has 0 unspecified atom stereocenters. The van der Waals surface area contributed by atoms with E-state index in [9.17, 15) is 18.0 Å². The number of amides is 2. The van der Waals surface area contributed by atoms with E-state index in [1.54, 1.807) is 48.5 Å². The fourth-order valence-electron chi connectivity index (χ4n) is 6.39. The van der Waals surface area contributed by atoms with E-state index in [0.29, 0.717) is 26.9 Å². The fraction of sp³-hybridized carbons (Fsp3) is 0.333. The second-order valence-corrected chi connectivity index (χ2v) is 15.6. The molecular formula is C39H43Cl2N3O4S. The van der Waals surface area contributed by atoms with E-state index in [1.165, 1.54) is 4.90 Å². The molecule has 1 atom stereocenters. The largest absolute Gasteiger partial charge is 0.352 e. The second kappa shape index (κ2) is 16.2. The molecule has 2 amide bonds. The normalized spacial score (nSPS) is 14.2. The van der Waals surface area contributed by atoms with E-state index in [0.717, 1.165) is 53.1 Å². The summed E-state index contributed by atoms with van der Waals surface area (Å²) in [5.41, 5.74) is 4.26. The highest BCUT2D eigenvalue weighted by atomic mass is 35.5. The van der Waals surface area contributed by atoms with Crippen molar-refractivity contribution in [1.82, 2.24) is 10.2 Å². The van der Waals surface area contributed by atoms with Crippen molar-refractivity contribution < 1.29 is 18.0 Å². The van der Waals surface area contributed by atoms with Gasteiger partial charge >= 0.3 is 0 Å². The van der Waals surface area contributed by atoms with Gasteiger partial charge in [0.05, 0.1) is 10.6 Å². The minimum atomic E-state index is -4.22. The number of anilines is 1. The number of rotatable bonds is 12. The number of hydrogen-bond acceptors (Lipinski definition) is 4. The summed E-state index contributed by atoms with van der Waals surface area (Å²) in [6.07, 6.45) is 5.11. The summed E-state index contributed by atoms with van der Waals surface area (Å²) in [6.45, 7) is 4.98. The molecule has 10 heteroatoms. The van der Waals surface area contributed by atoms with Crippen LogP contribution < -0.4 is 9.62 Å². The Balaban J connectivity index is 1.61. The molecule has 1 N–H and O–H groups in total. The number of carbonyl (C=O) groups is 2. The highest BCUT2D eigenvalue weighted by Crippen LogP contribution is 2.31. The van der Waals surface area contributed by atoms with Crippen molar-refractivity contribution in [1.29, 1.82) is 0 Å². The third-order valence-corrected chi connectivity index (χ3v) is 11.6. The van der Waals surface area contributed by atoms with Crippen LogP contribution in [0.5, 0.6) is 0 Å². The van der Waals surface area contributed by atoms with E-state index in [2.05, 4.69) is 5.32 Å². The van der Waals surface area contributed by atoms with Crippen LogP contribution in [0.15, 0.2) is 95.9 Å². The van der Waals surface area contributed by atoms with Crippen molar-refractivity contribution >= 4 is 50.7 Å². The minimum absolute atomic E-state index is 0.00556. The van der Waals surface area contributed by atoms with E-state index in [4.69, 9.17) is 23.2 Å². The molecule has 1 saturated carbocycles. The van der Waals surface area contributed by atoms with Crippen molar-refractivity contribution in [2.75, 3.05) is 10.8 Å². The Hall–Kier alpha value is -3.85. The molecule has 49 heavy (non-hydrogen) atoms. The Morgan fingerprint density at radius 1 is 0.816 bits per heavy atom. The smallest absolute Gasteiger partial charge is 0.264 e. The van der Waals surface area contributed by atoms with Gasteiger partial charge in [-0.3, -0.25) is 13.9 Å². The van der Waals surface area contributed by atoms with Gasteiger partial charge in [0.15, 0.2) is 0 Å². The molecule has 1 aliphatic rings. The summed E-state index contributed by atoms with van der Waals surface area (Å²) in [6, 6.07) is 25.6. The average Bonchev–Trinajstić information content (AvgIpc) is 3.07. The van der Waals surface area contributed by atoms with Gasteiger partial charge in [-0.2, -0.15) is 0 Å². The quantitative estimate of drug-likeness (QED) is 0.160. The summed E-state index contributed by atoms with van der Waals surface area (Å²) < 4.78 is 29.9. The predicted octanol–water partition coefficient (Wildman–Crippen LogP) is 8.20. The van der Waals surface area contributed by atoms with E-state index >= 15 is 0 Å². The molecule has 0 aliphatic heterocycles. The highest BCUT2D eigenvalue weighted by Gasteiger charge is 2.36. The van der Waals surface area contributed by atoms with Gasteiger partial charge < -0.3 is 10.2 Å². The van der Waals surface area contributed by atoms with Gasteiger partial charge in [-0.15, -0.1) is 0 Å². The van der Waals surface area contributed by atoms with Crippen molar-refractivity contribution in [3.8, 4) is 0 Å². The lowest BCUT2D eigenvalue weighted by Gasteiger charge is -2.35. The maximum Gasteiger partial charge on any atom is 0.264 e. The fourth-order valence-corrected chi connectivity index (χ4v) is 8.38. The summed E-state index contributed by atoms with van der Waals surface area (Å²) in [7, 11) is -4.22. The number of hydrogen-bond donors (Lipinski definition) is 1. The SMILES string of the molecule is Cc1ccc(S(=O)(=O)N(CC(=O)N(Cc2c(Cl)cccc2Cl)[C@H](Cc2ccccc2)C(=O)NC2CCCCC2)c2ccc(C)cc2C)cc1. The Morgan fingerprint density at radius 2 is 1.45 bits per heavy atom. The zero-order valence-electron chi connectivity index (χ0n) is 28.2. The lowest BCUT2D eigenvalue weighted by Crippen LogP contribution is -2.55. The number of benzene rings is 4. The Morgan fingerprint density at radius 3 is 2.08 bits per heavy atom. The van der Waals surface area contributed by atoms with E-state index in [-0.39, 0.29) is 29.8 Å². The summed E-state index contributed by atoms with van der Waals surface area (Å²) >= 11 is 13.3. The topological polar surface area (TPSA) is 86.8 Å². The van der Waals surface area contributed by atoms with Crippen LogP contribution in [0.25, 0.3) is 0 Å². The molecule has 258 valence electrons. The molecule has 0 heterocycles. The van der Waals surface area contributed by atoms with Gasteiger partial charge in [-0.1, -0.05) is 114 Å². The number of aryl methyl sites for hydroxylation is 3. The first kappa shape index (κ1) is 36.4. The monoisotopic (exact) mass is 719 g/mol. The summed E-state index contributed by atoms with van der Waals surface area (Å²) in [5.74, 6) is -0.863. The first-order valence-corrected chi connectivity index (χ1v) is 18.9. The molecule has 1 fully saturated rings. The van der Waals surface area contributed by atoms with Crippen molar-refractivity contribution in [3.05, 3.63) is 129 Å². The number of nitrogens with one attached hydrogen (secondary N) is 1. The van der Waals surface area contributed by atoms with Crippen molar-refractivity contribution in [2.45, 2.75) is 82.8 Å². The standard InChI is InChI=1S/C39H43Cl2N3O4S/c1-27-17-20-32(21-18-27)49(47,48)44(36-22-19-28(2)23-29(36)3)26-38(45)43(25-33-34(40)15-10-16-35(33)41)37(24-30-11-6-4-7-12-30)39(46)42-31-13-8-5-9-14-31/h4,6-7,10-12,15-23,31,37H,5,8-9,13-14,24-26H2,1-3H3,(H,42,46)/t37-/m1/s1. The van der Waals surface area contributed by atoms with Crippen LogP contribution in [0.4, 0.5) is 5.69 Å². The van der Waals surface area contributed by atoms with Crippen LogP contribution in [0.1, 0.15) is 59.9 Å². The predicted molar refractivity (Wildman–Crippen MR) is 198 cm³/mol.